The van der Waals surface area contributed by atoms with Crippen molar-refractivity contribution in [1.29, 1.82) is 0 Å². The summed E-state index contributed by atoms with van der Waals surface area (Å²) >= 11 is 0. The fourth-order valence-corrected chi connectivity index (χ4v) is 2.80. The summed E-state index contributed by atoms with van der Waals surface area (Å²) in [4.78, 5) is 25.6. The lowest BCUT2D eigenvalue weighted by Crippen LogP contribution is -2.34. The lowest BCUT2D eigenvalue weighted by atomic mass is 10.00. The minimum absolute atomic E-state index is 0.00143. The van der Waals surface area contributed by atoms with Gasteiger partial charge >= 0.3 is 5.97 Å². The average Bonchev–Trinajstić information content (AvgIpc) is 2.65. The van der Waals surface area contributed by atoms with Crippen molar-refractivity contribution in [2.24, 2.45) is 0 Å². The molecule has 2 aromatic carbocycles. The Balaban J connectivity index is 1.65. The number of amides is 1. The van der Waals surface area contributed by atoms with Crippen LogP contribution in [0.5, 0.6) is 0 Å². The van der Waals surface area contributed by atoms with Crippen molar-refractivity contribution in [2.75, 3.05) is 13.7 Å². The zero-order chi connectivity index (χ0) is 16.9. The quantitative estimate of drug-likeness (QED) is 0.645. The molecule has 0 fully saturated rings. The van der Waals surface area contributed by atoms with Gasteiger partial charge in [-0.3, -0.25) is 4.79 Å². The van der Waals surface area contributed by atoms with Gasteiger partial charge in [0.25, 0.3) is 0 Å². The number of carbonyl (C=O) groups excluding carboxylic acids is 2. The molecule has 1 amide bonds. The van der Waals surface area contributed by atoms with Crippen LogP contribution in [0, 0.1) is 0 Å². The maximum Gasteiger partial charge on any atom is 0.337 e. The first-order valence-electron chi connectivity index (χ1n) is 7.89. The van der Waals surface area contributed by atoms with E-state index < -0.39 is 0 Å². The van der Waals surface area contributed by atoms with Crippen LogP contribution in [0.15, 0.2) is 54.6 Å². The highest BCUT2D eigenvalue weighted by Crippen LogP contribution is 2.19. The lowest BCUT2D eigenvalue weighted by Gasteiger charge is -2.27. The van der Waals surface area contributed by atoms with Crippen LogP contribution in [0.25, 0.3) is 6.08 Å². The maximum atomic E-state index is 12.4. The topological polar surface area (TPSA) is 46.6 Å². The SMILES string of the molecule is COC(=O)c1ccc(/C=C/C(=O)N2CCc3ccccc3C2)cc1. The van der Waals surface area contributed by atoms with Gasteiger partial charge < -0.3 is 9.64 Å². The standard InChI is InChI=1S/C20H19NO3/c1-24-20(23)17-9-6-15(7-10-17)8-11-19(22)21-13-12-16-4-2-3-5-18(16)14-21/h2-11H,12-14H2,1H3/b11-8+. The van der Waals surface area contributed by atoms with Crippen molar-refractivity contribution in [3.8, 4) is 0 Å². The second kappa shape index (κ2) is 7.13. The number of benzene rings is 2. The summed E-state index contributed by atoms with van der Waals surface area (Å²) in [7, 11) is 1.35. The Bertz CT molecular complexity index is 778. The van der Waals surface area contributed by atoms with Gasteiger partial charge in [-0.1, -0.05) is 36.4 Å². The van der Waals surface area contributed by atoms with E-state index in [4.69, 9.17) is 0 Å². The highest BCUT2D eigenvalue weighted by Gasteiger charge is 2.18. The van der Waals surface area contributed by atoms with E-state index in [-0.39, 0.29) is 11.9 Å². The van der Waals surface area contributed by atoms with Crippen molar-refractivity contribution in [1.82, 2.24) is 4.90 Å². The molecule has 0 saturated carbocycles. The maximum absolute atomic E-state index is 12.4. The lowest BCUT2D eigenvalue weighted by molar-refractivity contribution is -0.126. The molecule has 0 spiro atoms. The molecule has 0 aliphatic carbocycles. The largest absolute Gasteiger partial charge is 0.465 e. The van der Waals surface area contributed by atoms with E-state index in [0.717, 1.165) is 18.5 Å². The third-order valence-corrected chi connectivity index (χ3v) is 4.19. The third kappa shape index (κ3) is 3.54. The first-order valence-corrected chi connectivity index (χ1v) is 7.89. The summed E-state index contributed by atoms with van der Waals surface area (Å²) in [5.74, 6) is -0.366. The molecule has 0 saturated heterocycles. The summed E-state index contributed by atoms with van der Waals surface area (Å²) in [6.07, 6.45) is 4.24. The monoisotopic (exact) mass is 321 g/mol. The van der Waals surface area contributed by atoms with E-state index >= 15 is 0 Å². The Labute approximate surface area is 141 Å². The minimum atomic E-state index is -0.367. The summed E-state index contributed by atoms with van der Waals surface area (Å²) in [6.45, 7) is 1.39. The Morgan fingerprint density at radius 3 is 2.46 bits per heavy atom. The highest BCUT2D eigenvalue weighted by atomic mass is 16.5. The molecule has 0 radical (unpaired) electrons. The summed E-state index contributed by atoms with van der Waals surface area (Å²) in [5.41, 5.74) is 3.90. The molecule has 0 aromatic heterocycles. The molecule has 0 N–H and O–H groups in total. The van der Waals surface area contributed by atoms with Gasteiger partial charge in [0.15, 0.2) is 0 Å². The Kier molecular flexibility index (Phi) is 4.75. The fourth-order valence-electron chi connectivity index (χ4n) is 2.80. The molecule has 1 aliphatic heterocycles. The first kappa shape index (κ1) is 16.0. The summed E-state index contributed by atoms with van der Waals surface area (Å²) in [5, 5.41) is 0. The first-order chi connectivity index (χ1) is 11.7. The van der Waals surface area contributed by atoms with Crippen LogP contribution in [0.3, 0.4) is 0 Å². The van der Waals surface area contributed by atoms with E-state index in [1.807, 2.05) is 17.0 Å². The molecule has 24 heavy (non-hydrogen) atoms. The Hall–Kier alpha value is -2.88. The fraction of sp³-hybridized carbons (Fsp3) is 0.200. The van der Waals surface area contributed by atoms with Crippen LogP contribution in [0.4, 0.5) is 0 Å². The summed E-state index contributed by atoms with van der Waals surface area (Å²) in [6, 6.07) is 15.2. The molecule has 4 nitrogen and oxygen atoms in total. The smallest absolute Gasteiger partial charge is 0.337 e. The molecular formula is C20H19NO3. The second-order valence-corrected chi connectivity index (χ2v) is 5.73. The van der Waals surface area contributed by atoms with Gasteiger partial charge in [-0.25, -0.2) is 4.79 Å². The van der Waals surface area contributed by atoms with Crippen LogP contribution < -0.4 is 0 Å². The summed E-state index contributed by atoms with van der Waals surface area (Å²) < 4.78 is 4.66. The number of rotatable bonds is 3. The predicted octanol–water partition coefficient (Wildman–Crippen LogP) is 3.07. The number of methoxy groups -OCH3 is 1. The number of esters is 1. The number of carbonyl (C=O) groups is 2. The Morgan fingerprint density at radius 2 is 1.75 bits per heavy atom. The average molecular weight is 321 g/mol. The number of fused-ring (bicyclic) bond motifs is 1. The van der Waals surface area contributed by atoms with Crippen molar-refractivity contribution in [2.45, 2.75) is 13.0 Å². The minimum Gasteiger partial charge on any atom is -0.465 e. The number of nitrogens with zero attached hydrogens (tertiary/aromatic N) is 1. The molecule has 2 aromatic rings. The van der Waals surface area contributed by atoms with Crippen molar-refractivity contribution >= 4 is 18.0 Å². The van der Waals surface area contributed by atoms with Crippen molar-refractivity contribution in [3.63, 3.8) is 0 Å². The van der Waals surface area contributed by atoms with E-state index in [1.54, 1.807) is 36.4 Å². The van der Waals surface area contributed by atoms with Gasteiger partial charge in [-0.2, -0.15) is 0 Å². The molecule has 0 unspecified atom stereocenters. The predicted molar refractivity (Wildman–Crippen MR) is 92.4 cm³/mol. The van der Waals surface area contributed by atoms with E-state index in [0.29, 0.717) is 12.1 Å². The normalized spacial score (nSPS) is 13.6. The molecule has 0 atom stereocenters. The second-order valence-electron chi connectivity index (χ2n) is 5.73. The number of hydrogen-bond donors (Lipinski definition) is 0. The molecule has 4 heteroatoms. The van der Waals surface area contributed by atoms with Gasteiger partial charge in [0, 0.05) is 19.2 Å². The zero-order valence-electron chi connectivity index (χ0n) is 13.6. The van der Waals surface area contributed by atoms with Gasteiger partial charge in [-0.15, -0.1) is 0 Å². The molecule has 1 aliphatic rings. The number of ether oxygens (including phenoxy) is 1. The van der Waals surface area contributed by atoms with E-state index in [2.05, 4.69) is 16.9 Å². The van der Waals surface area contributed by atoms with Crippen molar-refractivity contribution in [3.05, 3.63) is 76.9 Å². The molecular weight excluding hydrogens is 302 g/mol. The van der Waals surface area contributed by atoms with Gasteiger partial charge in [0.05, 0.1) is 12.7 Å². The van der Waals surface area contributed by atoms with E-state index in [9.17, 15) is 9.59 Å². The van der Waals surface area contributed by atoms with Crippen LogP contribution in [-0.4, -0.2) is 30.4 Å². The van der Waals surface area contributed by atoms with Gasteiger partial charge in [0.2, 0.25) is 5.91 Å². The third-order valence-electron chi connectivity index (χ3n) is 4.19. The van der Waals surface area contributed by atoms with E-state index in [1.165, 1.54) is 18.2 Å². The molecule has 1 heterocycles. The Morgan fingerprint density at radius 1 is 1.04 bits per heavy atom. The van der Waals surface area contributed by atoms with Gasteiger partial charge in [0.1, 0.15) is 0 Å². The molecule has 0 bridgehead atoms. The van der Waals surface area contributed by atoms with Crippen LogP contribution in [0.1, 0.15) is 27.0 Å². The van der Waals surface area contributed by atoms with Crippen LogP contribution in [0.2, 0.25) is 0 Å². The van der Waals surface area contributed by atoms with Crippen LogP contribution >= 0.6 is 0 Å². The molecule has 122 valence electrons. The number of hydrogen-bond acceptors (Lipinski definition) is 3. The highest BCUT2D eigenvalue weighted by molar-refractivity contribution is 5.92. The van der Waals surface area contributed by atoms with Crippen LogP contribution in [-0.2, 0) is 22.5 Å². The van der Waals surface area contributed by atoms with Crippen molar-refractivity contribution < 1.29 is 14.3 Å². The van der Waals surface area contributed by atoms with Gasteiger partial charge in [-0.05, 0) is 41.3 Å². The zero-order valence-corrected chi connectivity index (χ0v) is 13.6. The molecule has 3 rings (SSSR count).